The molecule has 0 fully saturated rings. The molecule has 0 amide bonds. The molecular weight excluding hydrogens is 180 g/mol. The van der Waals surface area contributed by atoms with Crippen molar-refractivity contribution in [1.82, 2.24) is 4.90 Å². The van der Waals surface area contributed by atoms with Crippen molar-refractivity contribution in [3.8, 4) is 0 Å². The second-order valence-corrected chi connectivity index (χ2v) is 2.94. The van der Waals surface area contributed by atoms with Crippen LogP contribution in [0.2, 0.25) is 0 Å². The van der Waals surface area contributed by atoms with Crippen molar-refractivity contribution < 1.29 is 0 Å². The Hall–Kier alpha value is -1.17. The van der Waals surface area contributed by atoms with E-state index in [1.165, 1.54) is 0 Å². The van der Waals surface area contributed by atoms with Gasteiger partial charge in [-0.25, -0.2) is 4.99 Å². The van der Waals surface area contributed by atoms with Crippen LogP contribution in [0, 0.1) is 0 Å². The van der Waals surface area contributed by atoms with Crippen molar-refractivity contribution in [2.45, 2.75) is 20.3 Å². The standard InChI is InChI=1S/C8H16N6/c1-3-14(4-2)7-5-6-9-8-10-12-13-11-8/h3-7H2,1-2H3. The summed E-state index contributed by atoms with van der Waals surface area (Å²) in [5.41, 5.74) is 0. The van der Waals surface area contributed by atoms with E-state index < -0.39 is 0 Å². The third kappa shape index (κ3) is 3.69. The second-order valence-electron chi connectivity index (χ2n) is 2.94. The van der Waals surface area contributed by atoms with Gasteiger partial charge in [-0.05, 0) is 36.5 Å². The van der Waals surface area contributed by atoms with E-state index in [-0.39, 0.29) is 0 Å². The SMILES string of the molecule is CCN(CC)CCCN=C1N=NN=N1. The summed E-state index contributed by atoms with van der Waals surface area (Å²) in [7, 11) is 0. The molecule has 1 heterocycles. The lowest BCUT2D eigenvalue weighted by molar-refractivity contribution is 0.302. The van der Waals surface area contributed by atoms with Crippen molar-refractivity contribution in [1.29, 1.82) is 0 Å². The van der Waals surface area contributed by atoms with E-state index in [0.717, 1.165) is 32.6 Å². The average molecular weight is 196 g/mol. The summed E-state index contributed by atoms with van der Waals surface area (Å²) in [4.78, 5) is 6.49. The van der Waals surface area contributed by atoms with Crippen LogP contribution in [0.4, 0.5) is 0 Å². The van der Waals surface area contributed by atoms with Gasteiger partial charge in [0.25, 0.3) is 5.96 Å². The maximum absolute atomic E-state index is 4.13. The second kappa shape index (κ2) is 6.31. The molecule has 1 rings (SSSR count). The molecule has 0 aromatic carbocycles. The molecule has 0 saturated heterocycles. The molecule has 0 unspecified atom stereocenters. The van der Waals surface area contributed by atoms with Gasteiger partial charge >= 0.3 is 0 Å². The van der Waals surface area contributed by atoms with Gasteiger partial charge in [0.1, 0.15) is 0 Å². The first-order valence-corrected chi connectivity index (χ1v) is 4.95. The Labute approximate surface area is 83.8 Å². The summed E-state index contributed by atoms with van der Waals surface area (Å²) in [6.45, 7) is 8.31. The van der Waals surface area contributed by atoms with Crippen LogP contribution in [0.5, 0.6) is 0 Å². The van der Waals surface area contributed by atoms with Crippen molar-refractivity contribution in [3.63, 3.8) is 0 Å². The molecule has 1 aliphatic rings. The van der Waals surface area contributed by atoms with Crippen LogP contribution in [-0.4, -0.2) is 37.0 Å². The number of hydrogen-bond donors (Lipinski definition) is 0. The minimum absolute atomic E-state index is 0.393. The fourth-order valence-electron chi connectivity index (χ4n) is 1.22. The zero-order valence-corrected chi connectivity index (χ0v) is 8.72. The first-order chi connectivity index (χ1) is 6.86. The molecule has 0 saturated carbocycles. The largest absolute Gasteiger partial charge is 0.304 e. The van der Waals surface area contributed by atoms with Gasteiger partial charge in [0.2, 0.25) is 0 Å². The lowest BCUT2D eigenvalue weighted by Gasteiger charge is -2.16. The molecule has 14 heavy (non-hydrogen) atoms. The number of hydrogen-bond acceptors (Lipinski definition) is 4. The van der Waals surface area contributed by atoms with Crippen LogP contribution >= 0.6 is 0 Å². The van der Waals surface area contributed by atoms with Gasteiger partial charge in [0.05, 0.1) is 0 Å². The number of nitrogens with zero attached hydrogens (tertiary/aromatic N) is 6. The molecule has 0 bridgehead atoms. The normalized spacial score (nSPS) is 14.4. The summed E-state index contributed by atoms with van der Waals surface area (Å²) < 4.78 is 0. The summed E-state index contributed by atoms with van der Waals surface area (Å²) >= 11 is 0. The maximum atomic E-state index is 4.13. The van der Waals surface area contributed by atoms with Crippen LogP contribution in [-0.2, 0) is 0 Å². The predicted octanol–water partition coefficient (Wildman–Crippen LogP) is 1.91. The zero-order chi connectivity index (χ0) is 10.2. The van der Waals surface area contributed by atoms with Gasteiger partial charge in [-0.1, -0.05) is 24.1 Å². The fourth-order valence-corrected chi connectivity index (χ4v) is 1.22. The summed E-state index contributed by atoms with van der Waals surface area (Å²) in [5, 5.41) is 13.9. The highest BCUT2D eigenvalue weighted by Crippen LogP contribution is 1.98. The highest BCUT2D eigenvalue weighted by atomic mass is 15.6. The lowest BCUT2D eigenvalue weighted by Crippen LogP contribution is -2.24. The Kier molecular flexibility index (Phi) is 4.92. The van der Waals surface area contributed by atoms with E-state index in [4.69, 9.17) is 0 Å². The number of rotatable bonds is 6. The highest BCUT2D eigenvalue weighted by Gasteiger charge is 2.00. The molecule has 0 spiro atoms. The van der Waals surface area contributed by atoms with Gasteiger partial charge < -0.3 is 4.90 Å². The minimum atomic E-state index is 0.393. The number of guanidine groups is 1. The van der Waals surface area contributed by atoms with Gasteiger partial charge in [-0.3, -0.25) is 0 Å². The molecular formula is C8H16N6. The van der Waals surface area contributed by atoms with E-state index in [1.54, 1.807) is 0 Å². The van der Waals surface area contributed by atoms with Crippen LogP contribution in [0.1, 0.15) is 20.3 Å². The van der Waals surface area contributed by atoms with Crippen molar-refractivity contribution in [2.24, 2.45) is 25.7 Å². The Morgan fingerprint density at radius 1 is 1.14 bits per heavy atom. The average Bonchev–Trinajstić information content (AvgIpc) is 2.71. The van der Waals surface area contributed by atoms with Gasteiger partial charge in [0, 0.05) is 6.54 Å². The lowest BCUT2D eigenvalue weighted by atomic mass is 10.4. The predicted molar refractivity (Wildman–Crippen MR) is 54.4 cm³/mol. The third-order valence-corrected chi connectivity index (χ3v) is 2.09. The molecule has 78 valence electrons. The third-order valence-electron chi connectivity index (χ3n) is 2.09. The van der Waals surface area contributed by atoms with E-state index >= 15 is 0 Å². The van der Waals surface area contributed by atoms with E-state index in [0.29, 0.717) is 5.96 Å². The summed E-state index contributed by atoms with van der Waals surface area (Å²) in [6, 6.07) is 0. The van der Waals surface area contributed by atoms with Gasteiger partial charge in [0.15, 0.2) is 0 Å². The van der Waals surface area contributed by atoms with Crippen LogP contribution < -0.4 is 0 Å². The van der Waals surface area contributed by atoms with Crippen molar-refractivity contribution in [3.05, 3.63) is 0 Å². The van der Waals surface area contributed by atoms with Gasteiger partial charge in [-0.15, -0.1) is 0 Å². The van der Waals surface area contributed by atoms with Crippen LogP contribution in [0.3, 0.4) is 0 Å². The first kappa shape index (κ1) is 10.9. The fraction of sp³-hybridized carbons (Fsp3) is 0.875. The van der Waals surface area contributed by atoms with E-state index in [9.17, 15) is 0 Å². The topological polar surface area (TPSA) is 65.0 Å². The quantitative estimate of drug-likeness (QED) is 0.598. The highest BCUT2D eigenvalue weighted by molar-refractivity contribution is 5.81. The Balaban J connectivity index is 2.12. The first-order valence-electron chi connectivity index (χ1n) is 4.95. The van der Waals surface area contributed by atoms with Gasteiger partial charge in [-0.2, -0.15) is 0 Å². The molecule has 0 radical (unpaired) electrons. The van der Waals surface area contributed by atoms with Crippen molar-refractivity contribution >= 4 is 5.96 Å². The monoisotopic (exact) mass is 196 g/mol. The van der Waals surface area contributed by atoms with E-state index in [1.807, 2.05) is 0 Å². The Morgan fingerprint density at radius 3 is 2.36 bits per heavy atom. The molecule has 0 atom stereocenters. The Morgan fingerprint density at radius 2 is 1.79 bits per heavy atom. The molecule has 0 aliphatic carbocycles. The Bertz CT molecular complexity index is 226. The summed E-state index contributed by atoms with van der Waals surface area (Å²) in [6.07, 6.45) is 1.02. The zero-order valence-electron chi connectivity index (χ0n) is 8.72. The minimum Gasteiger partial charge on any atom is -0.304 e. The van der Waals surface area contributed by atoms with E-state index in [2.05, 4.69) is 44.4 Å². The van der Waals surface area contributed by atoms with Crippen LogP contribution in [0.25, 0.3) is 0 Å². The van der Waals surface area contributed by atoms with Crippen molar-refractivity contribution in [2.75, 3.05) is 26.2 Å². The maximum Gasteiger partial charge on any atom is 0.286 e. The molecule has 0 N–H and O–H groups in total. The number of aliphatic imine (C=N–C) groups is 1. The molecule has 0 aromatic rings. The smallest absolute Gasteiger partial charge is 0.286 e. The molecule has 6 heteroatoms. The summed E-state index contributed by atoms with van der Waals surface area (Å²) in [5.74, 6) is 0.393. The molecule has 1 aliphatic heterocycles. The molecule has 0 aromatic heterocycles. The van der Waals surface area contributed by atoms with Crippen LogP contribution in [0.15, 0.2) is 25.7 Å². The molecule has 6 nitrogen and oxygen atoms in total.